The van der Waals surface area contributed by atoms with E-state index in [2.05, 4.69) is 15.2 Å². The zero-order chi connectivity index (χ0) is 21.8. The summed E-state index contributed by atoms with van der Waals surface area (Å²) in [6, 6.07) is -0.176. The van der Waals surface area contributed by atoms with Gasteiger partial charge in [-0.15, -0.1) is 11.3 Å². The molecule has 2 rings (SSSR count). The van der Waals surface area contributed by atoms with Gasteiger partial charge in [0.2, 0.25) is 5.91 Å². The van der Waals surface area contributed by atoms with Crippen LogP contribution >= 0.6 is 11.3 Å². The van der Waals surface area contributed by atoms with Crippen molar-refractivity contribution in [1.29, 1.82) is 0 Å². The van der Waals surface area contributed by atoms with Gasteiger partial charge < -0.3 is 15.0 Å². The van der Waals surface area contributed by atoms with E-state index in [-0.39, 0.29) is 18.0 Å². The third-order valence-electron chi connectivity index (χ3n) is 5.41. The van der Waals surface area contributed by atoms with Crippen LogP contribution < -0.4 is 5.32 Å². The minimum atomic E-state index is -0.469. The van der Waals surface area contributed by atoms with E-state index in [1.54, 1.807) is 11.9 Å². The van der Waals surface area contributed by atoms with Crippen molar-refractivity contribution in [2.24, 2.45) is 5.92 Å². The molecule has 0 spiro atoms. The van der Waals surface area contributed by atoms with Crippen LogP contribution in [0.25, 0.3) is 0 Å². The second-order valence-electron chi connectivity index (χ2n) is 9.00. The molecule has 0 saturated carbocycles. The molecule has 1 atom stereocenters. The van der Waals surface area contributed by atoms with E-state index in [1.165, 1.54) is 11.3 Å². The SMILES string of the molecule is Cc1nc(NC(=O)[C@@H](C)N2CCC(CCN(C)C(=O)OC(C)(C)C)CC2)sc1C. The molecule has 29 heavy (non-hydrogen) atoms. The quantitative estimate of drug-likeness (QED) is 0.745. The summed E-state index contributed by atoms with van der Waals surface area (Å²) in [5.41, 5.74) is 0.499. The number of amides is 2. The second kappa shape index (κ2) is 9.89. The van der Waals surface area contributed by atoms with E-state index in [4.69, 9.17) is 4.74 Å². The molecule has 0 bridgehead atoms. The van der Waals surface area contributed by atoms with Crippen LogP contribution in [0.4, 0.5) is 9.93 Å². The highest BCUT2D eigenvalue weighted by Crippen LogP contribution is 2.24. The summed E-state index contributed by atoms with van der Waals surface area (Å²) >= 11 is 1.52. The standard InChI is InChI=1S/C21H36N4O3S/c1-14-16(3)29-19(22-14)23-18(26)15(2)25-12-9-17(10-13-25)8-11-24(7)20(27)28-21(4,5)6/h15,17H,8-13H2,1-7H3,(H,22,23,26)/t15-/m1/s1. The summed E-state index contributed by atoms with van der Waals surface area (Å²) in [6.07, 6.45) is 2.76. The Balaban J connectivity index is 1.73. The van der Waals surface area contributed by atoms with Gasteiger partial charge in [0.05, 0.1) is 11.7 Å². The zero-order valence-electron chi connectivity index (χ0n) is 18.9. The maximum atomic E-state index is 12.6. The Bertz CT molecular complexity index is 686. The van der Waals surface area contributed by atoms with Crippen molar-refractivity contribution in [2.45, 2.75) is 72.4 Å². The Labute approximate surface area is 178 Å². The number of aromatic nitrogens is 1. The number of carbonyl (C=O) groups excluding carboxylic acids is 2. The van der Waals surface area contributed by atoms with E-state index in [0.717, 1.165) is 42.9 Å². The number of carbonyl (C=O) groups is 2. The van der Waals surface area contributed by atoms with Crippen LogP contribution in [0.5, 0.6) is 0 Å². The molecule has 0 unspecified atom stereocenters. The number of likely N-dealkylation sites (tertiary alicyclic amines) is 1. The largest absolute Gasteiger partial charge is 0.444 e. The van der Waals surface area contributed by atoms with Crippen LogP contribution in [0.15, 0.2) is 0 Å². The lowest BCUT2D eigenvalue weighted by atomic mass is 9.92. The van der Waals surface area contributed by atoms with Gasteiger partial charge in [-0.1, -0.05) is 0 Å². The molecule has 0 aromatic carbocycles. The number of piperidine rings is 1. The number of hydrogen-bond donors (Lipinski definition) is 1. The van der Waals surface area contributed by atoms with Crippen molar-refractivity contribution in [3.8, 4) is 0 Å². The summed E-state index contributed by atoms with van der Waals surface area (Å²) in [5.74, 6) is 0.567. The number of nitrogens with zero attached hydrogens (tertiary/aromatic N) is 3. The normalized spacial score (nSPS) is 17.1. The Morgan fingerprint density at radius 3 is 2.45 bits per heavy atom. The molecule has 1 N–H and O–H groups in total. The van der Waals surface area contributed by atoms with Crippen LogP contribution in [-0.4, -0.2) is 65.1 Å². The van der Waals surface area contributed by atoms with E-state index in [0.29, 0.717) is 17.6 Å². The van der Waals surface area contributed by atoms with Crippen LogP contribution in [0.1, 0.15) is 57.5 Å². The molecule has 2 amide bonds. The fraction of sp³-hybridized carbons (Fsp3) is 0.762. The Morgan fingerprint density at radius 1 is 1.31 bits per heavy atom. The maximum Gasteiger partial charge on any atom is 0.410 e. The summed E-state index contributed by atoms with van der Waals surface area (Å²) in [6.45, 7) is 14.0. The molecule has 164 valence electrons. The van der Waals surface area contributed by atoms with Crippen LogP contribution in [0.2, 0.25) is 0 Å². The first kappa shape index (κ1) is 23.6. The molecule has 7 nitrogen and oxygen atoms in total. The van der Waals surface area contributed by atoms with E-state index in [1.807, 2.05) is 41.5 Å². The van der Waals surface area contributed by atoms with Crippen molar-refractivity contribution in [3.63, 3.8) is 0 Å². The molecule has 1 aliphatic rings. The summed E-state index contributed by atoms with van der Waals surface area (Å²) in [5, 5.41) is 3.63. The van der Waals surface area contributed by atoms with Gasteiger partial charge in [0.25, 0.3) is 0 Å². The molecule has 1 aromatic heterocycles. The number of anilines is 1. The first-order valence-electron chi connectivity index (χ1n) is 10.4. The molecule has 1 aromatic rings. The van der Waals surface area contributed by atoms with Crippen molar-refractivity contribution in [1.82, 2.24) is 14.8 Å². The average molecular weight is 425 g/mol. The molecule has 8 heteroatoms. The fourth-order valence-electron chi connectivity index (χ4n) is 3.34. The van der Waals surface area contributed by atoms with Crippen molar-refractivity contribution in [3.05, 3.63) is 10.6 Å². The van der Waals surface area contributed by atoms with Crippen molar-refractivity contribution < 1.29 is 14.3 Å². The highest BCUT2D eigenvalue weighted by molar-refractivity contribution is 7.15. The molecule has 1 saturated heterocycles. The van der Waals surface area contributed by atoms with E-state index < -0.39 is 5.60 Å². The average Bonchev–Trinajstić information content (AvgIpc) is 2.95. The molecule has 1 fully saturated rings. The summed E-state index contributed by atoms with van der Waals surface area (Å²) < 4.78 is 5.40. The smallest absolute Gasteiger partial charge is 0.410 e. The molecule has 0 aliphatic carbocycles. The number of rotatable bonds is 6. The topological polar surface area (TPSA) is 74.8 Å². The Kier molecular flexibility index (Phi) is 8.05. The lowest BCUT2D eigenvalue weighted by molar-refractivity contribution is -0.121. The first-order chi connectivity index (χ1) is 13.5. The number of hydrogen-bond acceptors (Lipinski definition) is 6. The molecule has 1 aliphatic heterocycles. The van der Waals surface area contributed by atoms with Crippen molar-refractivity contribution in [2.75, 3.05) is 32.0 Å². The van der Waals surface area contributed by atoms with Gasteiger partial charge in [-0.25, -0.2) is 9.78 Å². The van der Waals surface area contributed by atoms with Gasteiger partial charge in [-0.05, 0) is 79.8 Å². The molecular formula is C21H36N4O3S. The van der Waals surface area contributed by atoms with E-state index in [9.17, 15) is 9.59 Å². The minimum Gasteiger partial charge on any atom is -0.444 e. The predicted octanol–water partition coefficient (Wildman–Crippen LogP) is 4.06. The third-order valence-corrected chi connectivity index (χ3v) is 6.40. The monoisotopic (exact) mass is 424 g/mol. The number of thiazole rings is 1. The van der Waals surface area contributed by atoms with Crippen molar-refractivity contribution >= 4 is 28.5 Å². The predicted molar refractivity (Wildman–Crippen MR) is 117 cm³/mol. The lowest BCUT2D eigenvalue weighted by Gasteiger charge is -2.35. The van der Waals surface area contributed by atoms with Gasteiger partial charge in [-0.3, -0.25) is 9.69 Å². The number of nitrogens with one attached hydrogen (secondary N) is 1. The van der Waals surface area contributed by atoms with Gasteiger partial charge >= 0.3 is 6.09 Å². The van der Waals surface area contributed by atoms with Crippen LogP contribution in [0.3, 0.4) is 0 Å². The third kappa shape index (κ3) is 7.26. The van der Waals surface area contributed by atoms with Crippen LogP contribution in [0, 0.1) is 19.8 Å². The fourth-order valence-corrected chi connectivity index (χ4v) is 4.16. The first-order valence-corrected chi connectivity index (χ1v) is 11.2. The van der Waals surface area contributed by atoms with Gasteiger partial charge in [0.15, 0.2) is 5.13 Å². The summed E-state index contributed by atoms with van der Waals surface area (Å²) in [4.78, 5) is 34.1. The zero-order valence-corrected chi connectivity index (χ0v) is 19.7. The Morgan fingerprint density at radius 2 is 1.93 bits per heavy atom. The van der Waals surface area contributed by atoms with E-state index >= 15 is 0 Å². The number of aryl methyl sites for hydroxylation is 2. The van der Waals surface area contributed by atoms with Gasteiger partial charge in [0.1, 0.15) is 5.60 Å². The second-order valence-corrected chi connectivity index (χ2v) is 10.2. The van der Waals surface area contributed by atoms with Gasteiger partial charge in [-0.2, -0.15) is 0 Å². The summed E-state index contributed by atoms with van der Waals surface area (Å²) in [7, 11) is 1.79. The molecular weight excluding hydrogens is 388 g/mol. The highest BCUT2D eigenvalue weighted by atomic mass is 32.1. The lowest BCUT2D eigenvalue weighted by Crippen LogP contribution is -2.46. The minimum absolute atomic E-state index is 0.00172. The van der Waals surface area contributed by atoms with Gasteiger partial charge in [0, 0.05) is 18.5 Å². The maximum absolute atomic E-state index is 12.6. The molecule has 0 radical (unpaired) electrons. The molecule has 2 heterocycles. The Hall–Kier alpha value is -1.67. The van der Waals surface area contributed by atoms with Crippen LogP contribution in [-0.2, 0) is 9.53 Å². The number of ether oxygens (including phenoxy) is 1. The highest BCUT2D eigenvalue weighted by Gasteiger charge is 2.28.